The van der Waals surface area contributed by atoms with Crippen LogP contribution in [-0.2, 0) is 16.1 Å². The van der Waals surface area contributed by atoms with Gasteiger partial charge in [0, 0.05) is 12.6 Å². The first-order valence-electron chi connectivity index (χ1n) is 8.87. The maximum atomic E-state index is 12.5. The van der Waals surface area contributed by atoms with Gasteiger partial charge in [0.1, 0.15) is 0 Å². The van der Waals surface area contributed by atoms with Crippen LogP contribution in [0.5, 0.6) is 11.5 Å². The monoisotopic (exact) mass is 370 g/mol. The number of nitrogens with one attached hydrogen (secondary N) is 1. The molecule has 0 unspecified atom stereocenters. The van der Waals surface area contributed by atoms with Gasteiger partial charge in [-0.2, -0.15) is 0 Å². The maximum absolute atomic E-state index is 12.5. The van der Waals surface area contributed by atoms with Crippen molar-refractivity contribution in [3.05, 3.63) is 60.2 Å². The van der Waals surface area contributed by atoms with Gasteiger partial charge < -0.3 is 19.7 Å². The van der Waals surface area contributed by atoms with Crippen molar-refractivity contribution >= 4 is 11.8 Å². The minimum absolute atomic E-state index is 0.0273. The van der Waals surface area contributed by atoms with Crippen LogP contribution in [0.4, 0.5) is 0 Å². The van der Waals surface area contributed by atoms with E-state index in [9.17, 15) is 9.59 Å². The molecule has 0 atom stereocenters. The second-order valence-corrected chi connectivity index (χ2v) is 6.32. The zero-order chi connectivity index (χ0) is 19.6. The second-order valence-electron chi connectivity index (χ2n) is 6.32. The number of hydrogen-bond donors (Lipinski definition) is 1. The molecule has 0 aliphatic rings. The van der Waals surface area contributed by atoms with Crippen molar-refractivity contribution in [3.63, 3.8) is 0 Å². The molecule has 0 heterocycles. The number of nitrogens with zero attached hydrogens (tertiary/aromatic N) is 1. The quantitative estimate of drug-likeness (QED) is 0.737. The number of ether oxygens (including phenoxy) is 2. The Morgan fingerprint density at radius 1 is 1.00 bits per heavy atom. The van der Waals surface area contributed by atoms with Crippen molar-refractivity contribution in [1.29, 1.82) is 0 Å². The molecular formula is C21H26N2O4. The predicted octanol–water partition coefficient (Wildman–Crippen LogP) is 2.63. The standard InChI is InChI=1S/C21H26N2O4/c1-16(2)23(14-17-9-5-4-6-10-17)21(25)13-22-20(24)15-27-19-12-8-7-11-18(19)26-3/h4-12,16H,13-15H2,1-3H3,(H,22,24). The molecule has 0 aliphatic carbocycles. The predicted molar refractivity (Wildman–Crippen MR) is 104 cm³/mol. The lowest BCUT2D eigenvalue weighted by Crippen LogP contribution is -2.44. The highest BCUT2D eigenvalue weighted by atomic mass is 16.5. The summed E-state index contributed by atoms with van der Waals surface area (Å²) < 4.78 is 10.6. The fourth-order valence-electron chi connectivity index (χ4n) is 2.55. The van der Waals surface area contributed by atoms with E-state index in [1.54, 1.807) is 23.1 Å². The fourth-order valence-corrected chi connectivity index (χ4v) is 2.55. The van der Waals surface area contributed by atoms with Crippen LogP contribution in [-0.4, -0.2) is 43.0 Å². The topological polar surface area (TPSA) is 67.9 Å². The Balaban J connectivity index is 1.84. The van der Waals surface area contributed by atoms with Gasteiger partial charge in [0.15, 0.2) is 18.1 Å². The van der Waals surface area contributed by atoms with Gasteiger partial charge in [-0.1, -0.05) is 42.5 Å². The van der Waals surface area contributed by atoms with Gasteiger partial charge in [-0.15, -0.1) is 0 Å². The third-order valence-corrected chi connectivity index (χ3v) is 4.00. The summed E-state index contributed by atoms with van der Waals surface area (Å²) in [5.41, 5.74) is 1.05. The van der Waals surface area contributed by atoms with Crippen molar-refractivity contribution in [2.75, 3.05) is 20.3 Å². The molecule has 1 N–H and O–H groups in total. The Kier molecular flexibility index (Phi) is 7.67. The Morgan fingerprint density at radius 3 is 2.26 bits per heavy atom. The summed E-state index contributed by atoms with van der Waals surface area (Å²) in [6, 6.07) is 16.9. The van der Waals surface area contributed by atoms with Gasteiger partial charge >= 0.3 is 0 Å². The molecule has 2 aromatic carbocycles. The number of benzene rings is 2. The van der Waals surface area contributed by atoms with E-state index in [2.05, 4.69) is 5.32 Å². The summed E-state index contributed by atoms with van der Waals surface area (Å²) in [7, 11) is 1.54. The van der Waals surface area contributed by atoms with Gasteiger partial charge in [0.25, 0.3) is 5.91 Å². The van der Waals surface area contributed by atoms with Crippen molar-refractivity contribution in [3.8, 4) is 11.5 Å². The Bertz CT molecular complexity index is 747. The number of hydrogen-bond acceptors (Lipinski definition) is 4. The van der Waals surface area contributed by atoms with Crippen molar-refractivity contribution in [2.24, 2.45) is 0 Å². The zero-order valence-electron chi connectivity index (χ0n) is 16.0. The van der Waals surface area contributed by atoms with Gasteiger partial charge in [-0.05, 0) is 31.5 Å². The first-order valence-corrected chi connectivity index (χ1v) is 8.87. The highest BCUT2D eigenvalue weighted by molar-refractivity contribution is 5.85. The van der Waals surface area contributed by atoms with E-state index in [4.69, 9.17) is 9.47 Å². The van der Waals surface area contributed by atoms with Gasteiger partial charge in [0.2, 0.25) is 5.91 Å². The summed E-state index contributed by atoms with van der Waals surface area (Å²) >= 11 is 0. The molecule has 0 bridgehead atoms. The van der Waals surface area contributed by atoms with E-state index in [1.165, 1.54) is 7.11 Å². The zero-order valence-corrected chi connectivity index (χ0v) is 16.0. The number of carbonyl (C=O) groups excluding carboxylic acids is 2. The SMILES string of the molecule is COc1ccccc1OCC(=O)NCC(=O)N(Cc1ccccc1)C(C)C. The lowest BCUT2D eigenvalue weighted by atomic mass is 10.2. The van der Waals surface area contributed by atoms with E-state index in [0.29, 0.717) is 18.0 Å². The summed E-state index contributed by atoms with van der Waals surface area (Å²) in [6.07, 6.45) is 0. The van der Waals surface area contributed by atoms with Crippen LogP contribution in [0.15, 0.2) is 54.6 Å². The molecule has 0 saturated carbocycles. The van der Waals surface area contributed by atoms with Crippen molar-refractivity contribution in [1.82, 2.24) is 10.2 Å². The molecular weight excluding hydrogens is 344 g/mol. The Labute approximate surface area is 160 Å². The number of para-hydroxylation sites is 2. The molecule has 0 aliphatic heterocycles. The molecule has 144 valence electrons. The number of amides is 2. The summed E-state index contributed by atoms with van der Waals surface area (Å²) in [6.45, 7) is 4.15. The molecule has 0 radical (unpaired) electrons. The molecule has 0 aromatic heterocycles. The maximum Gasteiger partial charge on any atom is 0.258 e. The minimum Gasteiger partial charge on any atom is -0.493 e. The molecule has 2 rings (SSSR count). The van der Waals surface area contributed by atoms with Crippen LogP contribution in [0, 0.1) is 0 Å². The second kappa shape index (κ2) is 10.2. The van der Waals surface area contributed by atoms with Gasteiger partial charge in [0.05, 0.1) is 13.7 Å². The van der Waals surface area contributed by atoms with Crippen molar-refractivity contribution < 1.29 is 19.1 Å². The molecule has 6 nitrogen and oxygen atoms in total. The molecule has 2 aromatic rings. The first kappa shape index (κ1) is 20.3. The summed E-state index contributed by atoms with van der Waals surface area (Å²) in [5.74, 6) is 0.529. The van der Waals surface area contributed by atoms with E-state index >= 15 is 0 Å². The highest BCUT2D eigenvalue weighted by Crippen LogP contribution is 2.25. The van der Waals surface area contributed by atoms with Crippen LogP contribution in [0.1, 0.15) is 19.4 Å². The van der Waals surface area contributed by atoms with E-state index in [1.807, 2.05) is 50.2 Å². The highest BCUT2D eigenvalue weighted by Gasteiger charge is 2.18. The molecule has 0 spiro atoms. The molecule has 27 heavy (non-hydrogen) atoms. The molecule has 0 saturated heterocycles. The van der Waals surface area contributed by atoms with Crippen LogP contribution in [0.25, 0.3) is 0 Å². The Morgan fingerprint density at radius 2 is 1.63 bits per heavy atom. The average Bonchev–Trinajstić information content (AvgIpc) is 2.69. The normalized spacial score (nSPS) is 10.4. The van der Waals surface area contributed by atoms with E-state index in [0.717, 1.165) is 5.56 Å². The lowest BCUT2D eigenvalue weighted by molar-refractivity contribution is -0.135. The van der Waals surface area contributed by atoms with Gasteiger partial charge in [-0.3, -0.25) is 9.59 Å². The van der Waals surface area contributed by atoms with Crippen LogP contribution in [0.3, 0.4) is 0 Å². The largest absolute Gasteiger partial charge is 0.493 e. The number of rotatable bonds is 9. The minimum atomic E-state index is -0.363. The van der Waals surface area contributed by atoms with E-state index < -0.39 is 0 Å². The van der Waals surface area contributed by atoms with Crippen LogP contribution >= 0.6 is 0 Å². The van der Waals surface area contributed by atoms with E-state index in [-0.39, 0.29) is 31.0 Å². The number of carbonyl (C=O) groups is 2. The molecule has 0 fully saturated rings. The number of methoxy groups -OCH3 is 1. The molecule has 2 amide bonds. The third-order valence-electron chi connectivity index (χ3n) is 4.00. The third kappa shape index (κ3) is 6.33. The fraction of sp³-hybridized carbons (Fsp3) is 0.333. The van der Waals surface area contributed by atoms with Crippen LogP contribution in [0.2, 0.25) is 0 Å². The Hall–Kier alpha value is -3.02. The summed E-state index contributed by atoms with van der Waals surface area (Å²) in [4.78, 5) is 26.3. The van der Waals surface area contributed by atoms with Gasteiger partial charge in [-0.25, -0.2) is 0 Å². The lowest BCUT2D eigenvalue weighted by Gasteiger charge is -2.27. The van der Waals surface area contributed by atoms with Crippen molar-refractivity contribution in [2.45, 2.75) is 26.4 Å². The first-order chi connectivity index (χ1) is 13.0. The smallest absolute Gasteiger partial charge is 0.258 e. The summed E-state index contributed by atoms with van der Waals surface area (Å²) in [5, 5.41) is 2.62. The van der Waals surface area contributed by atoms with Crippen LogP contribution < -0.4 is 14.8 Å². The average molecular weight is 370 g/mol. The molecule has 6 heteroatoms.